The third-order valence-corrected chi connectivity index (χ3v) is 6.21. The van der Waals surface area contributed by atoms with Gasteiger partial charge in [-0.05, 0) is 30.7 Å². The van der Waals surface area contributed by atoms with Crippen molar-refractivity contribution in [2.45, 2.75) is 6.42 Å². The van der Waals surface area contributed by atoms with Gasteiger partial charge in [0, 0.05) is 59.5 Å². The van der Waals surface area contributed by atoms with E-state index in [1.165, 1.54) is 0 Å². The number of carbonyl (C=O) groups excluding carboxylic acids is 4. The standard InChI is InChI=1S/C27H32N9O4/c1-6-7-29-24(37)21-9-17(13-34(21)3)31-26(39)23-11-19(15-36(23)5)32-27(40)22-10-18(14-35(22)4)30-25(38)20-8-16(28)12-33(20)2/h8-15H,1,6-7,28H2,2-5H3,(H,29,37)(H,30,38)(H,31,39)(H,32,40). The SMILES string of the molecule is [CH2]CCNC(=O)c1cc(NC(=O)c2cc(NC(=O)c3cc(NC(=O)c4cc(N)cn4C)cn3C)cn2C)cn1C. The normalized spacial score (nSPS) is 10.8. The van der Waals surface area contributed by atoms with Crippen molar-refractivity contribution in [1.29, 1.82) is 0 Å². The van der Waals surface area contributed by atoms with Crippen LogP contribution >= 0.6 is 0 Å². The highest BCUT2D eigenvalue weighted by Gasteiger charge is 2.19. The molecule has 4 rings (SSSR count). The second-order valence-electron chi connectivity index (χ2n) is 9.42. The van der Waals surface area contributed by atoms with Gasteiger partial charge in [0.05, 0.1) is 22.7 Å². The summed E-state index contributed by atoms with van der Waals surface area (Å²) in [5.41, 5.74) is 8.89. The summed E-state index contributed by atoms with van der Waals surface area (Å²) >= 11 is 0. The largest absolute Gasteiger partial charge is 0.397 e. The highest BCUT2D eigenvalue weighted by Crippen LogP contribution is 2.20. The van der Waals surface area contributed by atoms with Crippen molar-refractivity contribution in [2.75, 3.05) is 28.2 Å². The van der Waals surface area contributed by atoms with E-state index in [4.69, 9.17) is 5.73 Å². The van der Waals surface area contributed by atoms with Gasteiger partial charge in [0.25, 0.3) is 23.6 Å². The number of nitrogen functional groups attached to an aromatic ring is 1. The fourth-order valence-electron chi connectivity index (χ4n) is 4.27. The third-order valence-electron chi connectivity index (χ3n) is 6.21. The van der Waals surface area contributed by atoms with Crippen LogP contribution in [-0.4, -0.2) is 48.4 Å². The van der Waals surface area contributed by atoms with Gasteiger partial charge in [0.2, 0.25) is 0 Å². The molecule has 0 aliphatic rings. The average Bonchev–Trinajstić information content (AvgIpc) is 3.63. The van der Waals surface area contributed by atoms with E-state index in [9.17, 15) is 19.2 Å². The topological polar surface area (TPSA) is 162 Å². The summed E-state index contributed by atoms with van der Waals surface area (Å²) < 4.78 is 6.40. The molecule has 6 N–H and O–H groups in total. The van der Waals surface area contributed by atoms with E-state index in [-0.39, 0.29) is 11.8 Å². The van der Waals surface area contributed by atoms with E-state index in [0.29, 0.717) is 58.5 Å². The van der Waals surface area contributed by atoms with Crippen LogP contribution < -0.4 is 27.0 Å². The minimum atomic E-state index is -0.426. The Labute approximate surface area is 230 Å². The maximum absolute atomic E-state index is 13.0. The number of nitrogens with one attached hydrogen (secondary N) is 4. The van der Waals surface area contributed by atoms with Crippen molar-refractivity contribution in [1.82, 2.24) is 23.6 Å². The first-order chi connectivity index (χ1) is 19.0. The monoisotopic (exact) mass is 546 g/mol. The molecule has 4 amide bonds. The number of hydrogen-bond donors (Lipinski definition) is 5. The molecule has 4 aromatic heterocycles. The Morgan fingerprint density at radius 1 is 0.625 bits per heavy atom. The summed E-state index contributed by atoms with van der Waals surface area (Å²) in [5.74, 6) is -1.46. The van der Waals surface area contributed by atoms with E-state index in [1.54, 1.807) is 95.5 Å². The number of nitrogens with two attached hydrogens (primary N) is 1. The minimum Gasteiger partial charge on any atom is -0.397 e. The maximum Gasteiger partial charge on any atom is 0.272 e. The van der Waals surface area contributed by atoms with Gasteiger partial charge >= 0.3 is 0 Å². The van der Waals surface area contributed by atoms with Crippen LogP contribution in [0.4, 0.5) is 22.7 Å². The lowest BCUT2D eigenvalue weighted by Crippen LogP contribution is -2.25. The second kappa shape index (κ2) is 11.3. The Balaban J connectivity index is 1.42. The quantitative estimate of drug-likeness (QED) is 0.217. The van der Waals surface area contributed by atoms with Gasteiger partial charge in [0.1, 0.15) is 22.8 Å². The van der Waals surface area contributed by atoms with Gasteiger partial charge in [-0.2, -0.15) is 0 Å². The van der Waals surface area contributed by atoms with Crippen LogP contribution in [0.25, 0.3) is 0 Å². The zero-order chi connectivity index (χ0) is 29.1. The van der Waals surface area contributed by atoms with Crippen LogP contribution in [-0.2, 0) is 28.2 Å². The molecule has 4 heterocycles. The molecule has 209 valence electrons. The molecule has 0 atom stereocenters. The van der Waals surface area contributed by atoms with E-state index in [2.05, 4.69) is 28.2 Å². The molecule has 13 heteroatoms. The van der Waals surface area contributed by atoms with Gasteiger partial charge in [-0.25, -0.2) is 0 Å². The van der Waals surface area contributed by atoms with Crippen molar-refractivity contribution in [3.8, 4) is 0 Å². The predicted molar refractivity (Wildman–Crippen MR) is 152 cm³/mol. The molecule has 0 saturated heterocycles. The Morgan fingerprint density at radius 2 is 0.975 bits per heavy atom. The van der Waals surface area contributed by atoms with E-state index >= 15 is 0 Å². The molecule has 0 bridgehead atoms. The molecule has 0 aliphatic carbocycles. The maximum atomic E-state index is 13.0. The van der Waals surface area contributed by atoms with Crippen molar-refractivity contribution in [3.05, 3.63) is 78.8 Å². The molecule has 0 aromatic carbocycles. The van der Waals surface area contributed by atoms with Crippen LogP contribution in [0.5, 0.6) is 0 Å². The fraction of sp³-hybridized carbons (Fsp3) is 0.222. The molecule has 0 fully saturated rings. The zero-order valence-electron chi connectivity index (χ0n) is 22.7. The fourth-order valence-corrected chi connectivity index (χ4v) is 4.27. The van der Waals surface area contributed by atoms with Crippen LogP contribution in [0.2, 0.25) is 0 Å². The number of anilines is 4. The first-order valence-corrected chi connectivity index (χ1v) is 12.4. The summed E-state index contributed by atoms with van der Waals surface area (Å²) in [4.78, 5) is 50.8. The zero-order valence-corrected chi connectivity index (χ0v) is 22.7. The van der Waals surface area contributed by atoms with Gasteiger partial charge < -0.3 is 45.3 Å². The third kappa shape index (κ3) is 5.93. The number of carbonyl (C=O) groups is 4. The summed E-state index contributed by atoms with van der Waals surface area (Å²) in [6.45, 7) is 4.15. The number of aryl methyl sites for hydroxylation is 4. The molecule has 0 unspecified atom stereocenters. The molecule has 40 heavy (non-hydrogen) atoms. The number of aromatic nitrogens is 4. The van der Waals surface area contributed by atoms with Gasteiger partial charge in [-0.15, -0.1) is 0 Å². The van der Waals surface area contributed by atoms with Crippen molar-refractivity contribution in [2.24, 2.45) is 28.2 Å². The average molecular weight is 547 g/mol. The van der Waals surface area contributed by atoms with Crippen molar-refractivity contribution in [3.63, 3.8) is 0 Å². The van der Waals surface area contributed by atoms with Crippen molar-refractivity contribution < 1.29 is 19.2 Å². The minimum absolute atomic E-state index is 0.261. The molecule has 0 saturated carbocycles. The Bertz CT molecular complexity index is 1600. The van der Waals surface area contributed by atoms with E-state index in [1.807, 2.05) is 0 Å². The van der Waals surface area contributed by atoms with Crippen LogP contribution in [0.15, 0.2) is 49.1 Å². The predicted octanol–water partition coefficient (Wildman–Crippen LogP) is 2.33. The smallest absolute Gasteiger partial charge is 0.272 e. The number of hydrogen-bond acceptors (Lipinski definition) is 5. The summed E-state index contributed by atoms with van der Waals surface area (Å²) in [7, 11) is 6.79. The highest BCUT2D eigenvalue weighted by molar-refractivity contribution is 6.08. The van der Waals surface area contributed by atoms with Gasteiger partial charge in [-0.3, -0.25) is 19.2 Å². The summed E-state index contributed by atoms with van der Waals surface area (Å²) in [5, 5.41) is 11.1. The highest BCUT2D eigenvalue weighted by atomic mass is 16.2. The molecule has 0 aliphatic heterocycles. The van der Waals surface area contributed by atoms with Crippen LogP contribution in [0, 0.1) is 6.92 Å². The Morgan fingerprint density at radius 3 is 1.32 bits per heavy atom. The van der Waals surface area contributed by atoms with E-state index < -0.39 is 11.8 Å². The first-order valence-electron chi connectivity index (χ1n) is 12.4. The lowest BCUT2D eigenvalue weighted by atomic mass is 10.3. The molecule has 4 aromatic rings. The molecular weight excluding hydrogens is 514 g/mol. The Hall–Kier alpha value is -5.20. The lowest BCUT2D eigenvalue weighted by molar-refractivity contribution is 0.0943. The van der Waals surface area contributed by atoms with Crippen molar-refractivity contribution >= 4 is 46.4 Å². The Kier molecular flexibility index (Phi) is 7.84. The lowest BCUT2D eigenvalue weighted by Gasteiger charge is -2.03. The van der Waals surface area contributed by atoms with Crippen LogP contribution in [0.1, 0.15) is 48.4 Å². The summed E-state index contributed by atoms with van der Waals surface area (Å²) in [6, 6.07) is 6.24. The van der Waals surface area contributed by atoms with Gasteiger partial charge in [0.15, 0.2) is 0 Å². The number of amides is 4. The molecular formula is C27H32N9O4. The van der Waals surface area contributed by atoms with Crippen LogP contribution in [0.3, 0.4) is 0 Å². The first kappa shape index (κ1) is 27.8. The molecule has 0 spiro atoms. The van der Waals surface area contributed by atoms with Gasteiger partial charge in [-0.1, -0.05) is 6.92 Å². The number of rotatable bonds is 9. The van der Waals surface area contributed by atoms with E-state index in [0.717, 1.165) is 0 Å². The molecule has 13 nitrogen and oxygen atoms in total. The molecule has 1 radical (unpaired) electrons. The summed E-state index contributed by atoms with van der Waals surface area (Å²) in [6.07, 6.45) is 7.08. The number of nitrogens with zero attached hydrogens (tertiary/aromatic N) is 4. The second-order valence-corrected chi connectivity index (χ2v) is 9.42.